The van der Waals surface area contributed by atoms with Crippen molar-refractivity contribution in [2.24, 2.45) is 5.73 Å². The number of hydrogen-bond acceptors (Lipinski definition) is 2. The number of nitrogens with zero attached hydrogens (tertiary/aromatic N) is 1. The van der Waals surface area contributed by atoms with Crippen LogP contribution in [0.5, 0.6) is 0 Å². The van der Waals surface area contributed by atoms with Gasteiger partial charge in [0.1, 0.15) is 5.82 Å². The average molecular weight is 237 g/mol. The second-order valence-corrected chi connectivity index (χ2v) is 3.84. The highest BCUT2D eigenvalue weighted by atomic mass is 35.5. The van der Waals surface area contributed by atoms with Crippen LogP contribution in [0.25, 0.3) is 0 Å². The summed E-state index contributed by atoms with van der Waals surface area (Å²) in [6.07, 6.45) is 2.68. The van der Waals surface area contributed by atoms with Crippen LogP contribution in [-0.2, 0) is 0 Å². The van der Waals surface area contributed by atoms with Gasteiger partial charge in [0.15, 0.2) is 0 Å². The minimum atomic E-state index is -0.461. The molecule has 2 nitrogen and oxygen atoms in total. The summed E-state index contributed by atoms with van der Waals surface area (Å²) in [5.74, 6) is -0.403. The van der Waals surface area contributed by atoms with Gasteiger partial charge in [0, 0.05) is 11.2 Å². The fourth-order valence-corrected chi connectivity index (χ4v) is 1.76. The van der Waals surface area contributed by atoms with E-state index in [0.717, 1.165) is 11.8 Å². The van der Waals surface area contributed by atoms with Crippen molar-refractivity contribution in [2.45, 2.75) is 6.04 Å². The number of aromatic nitrogens is 1. The maximum absolute atomic E-state index is 13.0. The Hall–Kier alpha value is -1.45. The van der Waals surface area contributed by atoms with E-state index in [-0.39, 0.29) is 0 Å². The molecule has 0 spiro atoms. The summed E-state index contributed by atoms with van der Waals surface area (Å²) in [5, 5.41) is 0.569. The van der Waals surface area contributed by atoms with Crippen molar-refractivity contribution >= 4 is 11.6 Å². The monoisotopic (exact) mass is 236 g/mol. The summed E-state index contributed by atoms with van der Waals surface area (Å²) in [6.45, 7) is 0. The van der Waals surface area contributed by atoms with Crippen LogP contribution in [0.1, 0.15) is 17.2 Å². The lowest BCUT2D eigenvalue weighted by atomic mass is 10.0. The first kappa shape index (κ1) is 11.0. The van der Waals surface area contributed by atoms with E-state index in [1.807, 2.05) is 18.2 Å². The first-order chi connectivity index (χ1) is 7.68. The molecule has 0 radical (unpaired) electrons. The summed E-state index contributed by atoms with van der Waals surface area (Å²) in [7, 11) is 0. The average Bonchev–Trinajstić information content (AvgIpc) is 2.29. The van der Waals surface area contributed by atoms with E-state index in [1.165, 1.54) is 12.3 Å². The van der Waals surface area contributed by atoms with Gasteiger partial charge < -0.3 is 5.73 Å². The van der Waals surface area contributed by atoms with Crippen molar-refractivity contribution in [1.29, 1.82) is 0 Å². The third kappa shape index (κ3) is 2.21. The number of benzene rings is 1. The molecule has 2 rings (SSSR count). The normalized spacial score (nSPS) is 12.4. The second kappa shape index (κ2) is 4.60. The first-order valence-electron chi connectivity index (χ1n) is 4.79. The van der Waals surface area contributed by atoms with Gasteiger partial charge in [-0.2, -0.15) is 0 Å². The van der Waals surface area contributed by atoms with Gasteiger partial charge in [-0.05, 0) is 23.3 Å². The fourth-order valence-electron chi connectivity index (χ4n) is 1.51. The zero-order valence-corrected chi connectivity index (χ0v) is 9.16. The molecule has 0 aliphatic carbocycles. The van der Waals surface area contributed by atoms with E-state index in [9.17, 15) is 4.39 Å². The lowest BCUT2D eigenvalue weighted by molar-refractivity contribution is 0.616. The highest BCUT2D eigenvalue weighted by Crippen LogP contribution is 2.25. The minimum Gasteiger partial charge on any atom is -0.320 e. The largest absolute Gasteiger partial charge is 0.320 e. The van der Waals surface area contributed by atoms with Gasteiger partial charge in [0.25, 0.3) is 0 Å². The molecule has 0 bridgehead atoms. The Labute approximate surface area is 97.9 Å². The van der Waals surface area contributed by atoms with Gasteiger partial charge in [0.05, 0.1) is 12.2 Å². The molecule has 0 saturated heterocycles. The van der Waals surface area contributed by atoms with Crippen LogP contribution in [0.2, 0.25) is 5.02 Å². The number of pyridine rings is 1. The van der Waals surface area contributed by atoms with E-state index in [1.54, 1.807) is 6.07 Å². The van der Waals surface area contributed by atoms with Crippen LogP contribution in [0, 0.1) is 5.82 Å². The summed E-state index contributed by atoms with van der Waals surface area (Å²) < 4.78 is 13.0. The minimum absolute atomic E-state index is 0.403. The summed E-state index contributed by atoms with van der Waals surface area (Å²) in [6, 6.07) is 8.13. The zero-order valence-electron chi connectivity index (χ0n) is 8.40. The molecule has 16 heavy (non-hydrogen) atoms. The number of nitrogens with two attached hydrogens (primary N) is 1. The summed E-state index contributed by atoms with van der Waals surface area (Å²) in [4.78, 5) is 3.76. The standard InChI is InChI=1S/C12H10ClFN2/c13-11-4-2-1-3-10(11)12(15)8-5-9(14)7-16-6-8/h1-7,12H,15H2. The molecule has 1 aromatic carbocycles. The number of rotatable bonds is 2. The zero-order chi connectivity index (χ0) is 11.5. The van der Waals surface area contributed by atoms with Gasteiger partial charge in [0.2, 0.25) is 0 Å². The quantitative estimate of drug-likeness (QED) is 0.871. The van der Waals surface area contributed by atoms with Crippen molar-refractivity contribution in [3.05, 3.63) is 64.7 Å². The molecule has 2 aromatic rings. The van der Waals surface area contributed by atoms with E-state index in [0.29, 0.717) is 10.6 Å². The van der Waals surface area contributed by atoms with Crippen LogP contribution in [0.15, 0.2) is 42.7 Å². The molecular formula is C12H10ClFN2. The third-order valence-corrected chi connectivity index (χ3v) is 2.67. The van der Waals surface area contributed by atoms with E-state index < -0.39 is 11.9 Å². The fraction of sp³-hybridized carbons (Fsp3) is 0.0833. The maximum Gasteiger partial charge on any atom is 0.141 e. The topological polar surface area (TPSA) is 38.9 Å². The summed E-state index contributed by atoms with van der Waals surface area (Å²) >= 11 is 6.01. The Morgan fingerprint density at radius 3 is 2.69 bits per heavy atom. The Bertz CT molecular complexity index is 502. The molecule has 1 heterocycles. The van der Waals surface area contributed by atoms with Crippen molar-refractivity contribution in [1.82, 2.24) is 4.98 Å². The van der Waals surface area contributed by atoms with Gasteiger partial charge in [-0.3, -0.25) is 4.98 Å². The highest BCUT2D eigenvalue weighted by molar-refractivity contribution is 6.31. The Kier molecular flexibility index (Phi) is 3.17. The molecule has 0 amide bonds. The Morgan fingerprint density at radius 1 is 1.25 bits per heavy atom. The van der Waals surface area contributed by atoms with Crippen LogP contribution in [0.3, 0.4) is 0 Å². The Balaban J connectivity index is 2.39. The third-order valence-electron chi connectivity index (χ3n) is 2.33. The van der Waals surface area contributed by atoms with Crippen molar-refractivity contribution in [3.63, 3.8) is 0 Å². The predicted molar refractivity (Wildman–Crippen MR) is 61.7 cm³/mol. The van der Waals surface area contributed by atoms with Crippen molar-refractivity contribution in [2.75, 3.05) is 0 Å². The molecule has 82 valence electrons. The van der Waals surface area contributed by atoms with Crippen LogP contribution in [0.4, 0.5) is 4.39 Å². The maximum atomic E-state index is 13.0. The molecule has 4 heteroatoms. The second-order valence-electron chi connectivity index (χ2n) is 3.44. The van der Waals surface area contributed by atoms with Crippen LogP contribution < -0.4 is 5.73 Å². The highest BCUT2D eigenvalue weighted by Gasteiger charge is 2.12. The van der Waals surface area contributed by atoms with Crippen LogP contribution >= 0.6 is 11.6 Å². The molecule has 0 aliphatic rings. The molecule has 1 unspecified atom stereocenters. The lowest BCUT2D eigenvalue weighted by Crippen LogP contribution is -2.12. The van der Waals surface area contributed by atoms with E-state index in [4.69, 9.17) is 17.3 Å². The van der Waals surface area contributed by atoms with Crippen LogP contribution in [-0.4, -0.2) is 4.98 Å². The molecule has 0 aliphatic heterocycles. The van der Waals surface area contributed by atoms with Gasteiger partial charge in [-0.25, -0.2) is 4.39 Å². The molecule has 2 N–H and O–H groups in total. The molecule has 1 aromatic heterocycles. The van der Waals surface area contributed by atoms with Crippen molar-refractivity contribution in [3.8, 4) is 0 Å². The van der Waals surface area contributed by atoms with E-state index in [2.05, 4.69) is 4.98 Å². The summed E-state index contributed by atoms with van der Waals surface area (Å²) in [5.41, 5.74) is 7.36. The molecular weight excluding hydrogens is 227 g/mol. The smallest absolute Gasteiger partial charge is 0.141 e. The number of halogens is 2. The first-order valence-corrected chi connectivity index (χ1v) is 5.17. The van der Waals surface area contributed by atoms with Gasteiger partial charge in [-0.15, -0.1) is 0 Å². The Morgan fingerprint density at radius 2 is 2.00 bits per heavy atom. The van der Waals surface area contributed by atoms with Crippen molar-refractivity contribution < 1.29 is 4.39 Å². The SMILES string of the molecule is NC(c1cncc(F)c1)c1ccccc1Cl. The lowest BCUT2D eigenvalue weighted by Gasteiger charge is -2.13. The molecule has 1 atom stereocenters. The molecule has 0 saturated carbocycles. The van der Waals surface area contributed by atoms with Gasteiger partial charge in [-0.1, -0.05) is 29.8 Å². The van der Waals surface area contributed by atoms with Gasteiger partial charge >= 0.3 is 0 Å². The number of hydrogen-bond donors (Lipinski definition) is 1. The van der Waals surface area contributed by atoms with E-state index >= 15 is 0 Å². The molecule has 0 fully saturated rings. The predicted octanol–water partition coefficient (Wildman–Crippen LogP) is 2.92.